The Bertz CT molecular complexity index is 1240. The van der Waals surface area contributed by atoms with Crippen LogP contribution >= 0.6 is 0 Å². The van der Waals surface area contributed by atoms with Crippen molar-refractivity contribution in [1.82, 2.24) is 9.13 Å². The normalized spacial score (nSPS) is 17.8. The molecular formula is C22H21N3O5. The largest absolute Gasteiger partial charge is 0.470 e. The van der Waals surface area contributed by atoms with Crippen molar-refractivity contribution in [2.75, 3.05) is 0 Å². The molecule has 0 saturated heterocycles. The standard InChI is InChI=1S/C22H21N3O5/c1-13-4-6-15(7-5-13)18-12-17(14-8-10-16(11-9-14)25(28)29)19-20(26)23(2)22(27)24(3)21(19)30-18/h4-11,17-18H,12H2,1-3H3/t17-,18+/m1/s1. The number of aromatic nitrogens is 2. The Labute approximate surface area is 172 Å². The molecule has 1 aromatic heterocycles. The van der Waals surface area contributed by atoms with Crippen LogP contribution in [-0.2, 0) is 14.1 Å². The summed E-state index contributed by atoms with van der Waals surface area (Å²) in [5, 5.41) is 11.0. The second-order valence-corrected chi connectivity index (χ2v) is 7.58. The third kappa shape index (κ3) is 3.20. The van der Waals surface area contributed by atoms with Crippen LogP contribution < -0.4 is 16.0 Å². The maximum atomic E-state index is 13.0. The quantitative estimate of drug-likeness (QED) is 0.491. The molecule has 8 heteroatoms. The molecule has 0 amide bonds. The van der Waals surface area contributed by atoms with Crippen molar-refractivity contribution in [2.45, 2.75) is 25.4 Å². The van der Waals surface area contributed by atoms with Crippen molar-refractivity contribution >= 4 is 5.69 Å². The van der Waals surface area contributed by atoms with Gasteiger partial charge in [-0.1, -0.05) is 42.0 Å². The second-order valence-electron chi connectivity index (χ2n) is 7.58. The van der Waals surface area contributed by atoms with E-state index >= 15 is 0 Å². The second kappa shape index (κ2) is 7.29. The average Bonchev–Trinajstić information content (AvgIpc) is 2.76. The first-order chi connectivity index (χ1) is 14.3. The number of nitrogens with zero attached hydrogens (tertiary/aromatic N) is 3. The summed E-state index contributed by atoms with van der Waals surface area (Å²) in [6, 6.07) is 14.1. The van der Waals surface area contributed by atoms with E-state index in [1.54, 1.807) is 19.2 Å². The zero-order chi connectivity index (χ0) is 21.6. The van der Waals surface area contributed by atoms with Gasteiger partial charge in [0.05, 0.1) is 10.5 Å². The third-order valence-corrected chi connectivity index (χ3v) is 5.65. The molecule has 0 saturated carbocycles. The highest BCUT2D eigenvalue weighted by Crippen LogP contribution is 2.43. The van der Waals surface area contributed by atoms with Gasteiger partial charge in [-0.2, -0.15) is 0 Å². The van der Waals surface area contributed by atoms with Crippen LogP contribution in [0.15, 0.2) is 58.1 Å². The maximum Gasteiger partial charge on any atom is 0.333 e. The van der Waals surface area contributed by atoms with Gasteiger partial charge in [-0.3, -0.25) is 24.0 Å². The molecule has 4 rings (SSSR count). The van der Waals surface area contributed by atoms with Crippen LogP contribution in [0.3, 0.4) is 0 Å². The van der Waals surface area contributed by atoms with Gasteiger partial charge in [0.2, 0.25) is 5.88 Å². The minimum Gasteiger partial charge on any atom is -0.470 e. The molecule has 1 aliphatic heterocycles. The van der Waals surface area contributed by atoms with Crippen molar-refractivity contribution in [1.29, 1.82) is 0 Å². The fourth-order valence-electron chi connectivity index (χ4n) is 3.92. The summed E-state index contributed by atoms with van der Waals surface area (Å²) >= 11 is 0. The summed E-state index contributed by atoms with van der Waals surface area (Å²) in [5.41, 5.74) is 2.29. The highest BCUT2D eigenvalue weighted by molar-refractivity contribution is 5.43. The molecule has 8 nitrogen and oxygen atoms in total. The Morgan fingerprint density at radius 1 is 0.967 bits per heavy atom. The van der Waals surface area contributed by atoms with Gasteiger partial charge in [0.1, 0.15) is 6.10 Å². The third-order valence-electron chi connectivity index (χ3n) is 5.65. The molecule has 3 aromatic rings. The fraction of sp³-hybridized carbons (Fsp3) is 0.273. The number of aryl methyl sites for hydroxylation is 1. The van der Waals surface area contributed by atoms with Gasteiger partial charge in [0, 0.05) is 32.1 Å². The van der Waals surface area contributed by atoms with Crippen LogP contribution in [0, 0.1) is 17.0 Å². The Balaban J connectivity index is 1.89. The number of nitro groups is 1. The van der Waals surface area contributed by atoms with E-state index in [9.17, 15) is 19.7 Å². The minimum absolute atomic E-state index is 0.0190. The molecular weight excluding hydrogens is 386 g/mol. The minimum atomic E-state index is -0.467. The Kier molecular flexibility index (Phi) is 4.77. The lowest BCUT2D eigenvalue weighted by Gasteiger charge is -2.33. The molecule has 0 fully saturated rings. The van der Waals surface area contributed by atoms with E-state index in [1.165, 1.54) is 23.7 Å². The maximum absolute atomic E-state index is 13.0. The van der Waals surface area contributed by atoms with Crippen LogP contribution in [0.2, 0.25) is 0 Å². The highest BCUT2D eigenvalue weighted by atomic mass is 16.6. The topological polar surface area (TPSA) is 96.4 Å². The lowest BCUT2D eigenvalue weighted by Crippen LogP contribution is -2.42. The molecule has 2 atom stereocenters. The van der Waals surface area contributed by atoms with Crippen LogP contribution in [0.4, 0.5) is 5.69 Å². The summed E-state index contributed by atoms with van der Waals surface area (Å²) < 4.78 is 8.57. The summed E-state index contributed by atoms with van der Waals surface area (Å²) in [4.78, 5) is 36.0. The van der Waals surface area contributed by atoms with Gasteiger partial charge in [0.25, 0.3) is 11.2 Å². The van der Waals surface area contributed by atoms with Gasteiger partial charge in [0.15, 0.2) is 0 Å². The molecule has 0 radical (unpaired) electrons. The van der Waals surface area contributed by atoms with E-state index in [1.807, 2.05) is 31.2 Å². The number of benzene rings is 2. The zero-order valence-electron chi connectivity index (χ0n) is 16.9. The lowest BCUT2D eigenvalue weighted by atomic mass is 9.84. The molecule has 1 aliphatic rings. The summed E-state index contributed by atoms with van der Waals surface area (Å²) in [5.74, 6) is -0.130. The van der Waals surface area contributed by atoms with Crippen LogP contribution in [0.1, 0.15) is 40.7 Å². The number of ether oxygens (including phenoxy) is 1. The molecule has 0 bridgehead atoms. The van der Waals surface area contributed by atoms with Crippen LogP contribution in [0.25, 0.3) is 0 Å². The zero-order valence-corrected chi connectivity index (χ0v) is 16.9. The first kappa shape index (κ1) is 19.6. The first-order valence-corrected chi connectivity index (χ1v) is 9.55. The van der Waals surface area contributed by atoms with Gasteiger partial charge in [-0.15, -0.1) is 0 Å². The molecule has 0 aliphatic carbocycles. The Morgan fingerprint density at radius 2 is 1.57 bits per heavy atom. The van der Waals surface area contributed by atoms with Crippen LogP contribution in [-0.4, -0.2) is 14.1 Å². The molecule has 30 heavy (non-hydrogen) atoms. The van der Waals surface area contributed by atoms with Gasteiger partial charge in [-0.25, -0.2) is 4.79 Å². The molecule has 0 unspecified atom stereocenters. The number of non-ortho nitro benzene ring substituents is 1. The van der Waals surface area contributed by atoms with E-state index in [2.05, 4.69) is 0 Å². The summed E-state index contributed by atoms with van der Waals surface area (Å²) in [6.45, 7) is 1.99. The highest BCUT2D eigenvalue weighted by Gasteiger charge is 2.35. The van der Waals surface area contributed by atoms with Crippen molar-refractivity contribution in [3.63, 3.8) is 0 Å². The molecule has 0 N–H and O–H groups in total. The van der Waals surface area contributed by atoms with E-state index < -0.39 is 16.2 Å². The summed E-state index contributed by atoms with van der Waals surface area (Å²) in [6.07, 6.45) is 0.109. The van der Waals surface area contributed by atoms with Crippen LogP contribution in [0.5, 0.6) is 5.88 Å². The van der Waals surface area contributed by atoms with Gasteiger partial charge >= 0.3 is 5.69 Å². The number of rotatable bonds is 3. The van der Waals surface area contributed by atoms with Crippen molar-refractivity contribution in [3.05, 3.63) is 102 Å². The Hall–Kier alpha value is -3.68. The van der Waals surface area contributed by atoms with Crippen molar-refractivity contribution in [3.8, 4) is 5.88 Å². The van der Waals surface area contributed by atoms with E-state index in [0.29, 0.717) is 12.0 Å². The number of hydrogen-bond acceptors (Lipinski definition) is 5. The van der Waals surface area contributed by atoms with Gasteiger partial charge in [-0.05, 0) is 24.5 Å². The number of fused-ring (bicyclic) bond motifs is 1. The van der Waals surface area contributed by atoms with E-state index in [0.717, 1.165) is 21.3 Å². The van der Waals surface area contributed by atoms with Crippen molar-refractivity contribution < 1.29 is 9.66 Å². The van der Waals surface area contributed by atoms with Gasteiger partial charge < -0.3 is 4.74 Å². The molecule has 0 spiro atoms. The average molecular weight is 407 g/mol. The number of hydrogen-bond donors (Lipinski definition) is 0. The smallest absolute Gasteiger partial charge is 0.333 e. The summed E-state index contributed by atoms with van der Waals surface area (Å²) in [7, 11) is 3.01. The predicted octanol–water partition coefficient (Wildman–Crippen LogP) is 2.96. The van der Waals surface area contributed by atoms with Crippen molar-refractivity contribution in [2.24, 2.45) is 14.1 Å². The fourth-order valence-corrected chi connectivity index (χ4v) is 3.92. The molecule has 154 valence electrons. The first-order valence-electron chi connectivity index (χ1n) is 9.55. The number of nitro benzene ring substituents is 1. The lowest BCUT2D eigenvalue weighted by molar-refractivity contribution is -0.384. The molecule has 2 aromatic carbocycles. The SMILES string of the molecule is Cc1ccc([C@@H]2C[C@H](c3ccc([N+](=O)[O-])cc3)c3c(n(C)c(=O)n(C)c3=O)O2)cc1. The van der Waals surface area contributed by atoms with E-state index in [-0.39, 0.29) is 23.6 Å². The molecule has 2 heterocycles. The monoisotopic (exact) mass is 407 g/mol. The predicted molar refractivity (Wildman–Crippen MR) is 111 cm³/mol. The Morgan fingerprint density at radius 3 is 2.17 bits per heavy atom. The van der Waals surface area contributed by atoms with E-state index in [4.69, 9.17) is 4.74 Å².